The molecule has 0 fully saturated rings. The van der Waals surface area contributed by atoms with Crippen LogP contribution in [0.4, 0.5) is 13.2 Å². The molecule has 0 aromatic heterocycles. The minimum Gasteiger partial charge on any atom is -0.384 e. The molecule has 0 heterocycles. The van der Waals surface area contributed by atoms with E-state index in [1.54, 1.807) is 37.3 Å². The average Bonchev–Trinajstić information content (AvgIpc) is 2.26. The van der Waals surface area contributed by atoms with Crippen molar-refractivity contribution >= 4 is 11.8 Å². The van der Waals surface area contributed by atoms with Crippen LogP contribution in [-0.2, 0) is 5.60 Å². The Morgan fingerprint density at radius 2 is 1.75 bits per heavy atom. The third-order valence-electron chi connectivity index (χ3n) is 2.37. The molecule has 16 heavy (non-hydrogen) atoms. The van der Waals surface area contributed by atoms with Crippen LogP contribution in [0.25, 0.3) is 0 Å². The van der Waals surface area contributed by atoms with E-state index >= 15 is 0 Å². The highest BCUT2D eigenvalue weighted by atomic mass is 32.2. The summed E-state index contributed by atoms with van der Waals surface area (Å²) in [5.74, 6) is -0.378. The number of thioether (sulfide) groups is 1. The van der Waals surface area contributed by atoms with E-state index in [4.69, 9.17) is 0 Å². The lowest BCUT2D eigenvalue weighted by Crippen LogP contribution is -2.29. The first-order valence-electron chi connectivity index (χ1n) is 4.86. The minimum absolute atomic E-state index is 0.190. The number of rotatable bonds is 4. The molecule has 1 aromatic rings. The molecular formula is C11H13F3OS. The first-order chi connectivity index (χ1) is 7.37. The summed E-state index contributed by atoms with van der Waals surface area (Å²) < 4.78 is 36.3. The summed E-state index contributed by atoms with van der Waals surface area (Å²) in [5, 5.41) is 10.1. The van der Waals surface area contributed by atoms with Gasteiger partial charge in [-0.15, -0.1) is 0 Å². The summed E-state index contributed by atoms with van der Waals surface area (Å²) in [5.41, 5.74) is -5.20. The molecule has 1 atom stereocenters. The van der Waals surface area contributed by atoms with E-state index in [0.29, 0.717) is 5.56 Å². The Labute approximate surface area is 96.7 Å². The van der Waals surface area contributed by atoms with E-state index in [-0.39, 0.29) is 23.9 Å². The van der Waals surface area contributed by atoms with Crippen molar-refractivity contribution in [3.8, 4) is 0 Å². The second kappa shape index (κ2) is 5.10. The maximum atomic E-state index is 12.1. The van der Waals surface area contributed by atoms with Crippen molar-refractivity contribution < 1.29 is 18.3 Å². The van der Waals surface area contributed by atoms with Gasteiger partial charge in [0.1, 0.15) is 0 Å². The van der Waals surface area contributed by atoms with Crippen LogP contribution >= 0.6 is 11.8 Å². The molecule has 0 radical (unpaired) electrons. The van der Waals surface area contributed by atoms with Crippen LogP contribution in [0.3, 0.4) is 0 Å². The number of alkyl halides is 3. The lowest BCUT2D eigenvalue weighted by Gasteiger charge is -2.27. The molecule has 1 rings (SSSR count). The van der Waals surface area contributed by atoms with Crippen LogP contribution < -0.4 is 0 Å². The maximum Gasteiger partial charge on any atom is 0.441 e. The van der Waals surface area contributed by atoms with Gasteiger partial charge in [-0.1, -0.05) is 37.3 Å². The number of hydrogen-bond acceptors (Lipinski definition) is 2. The van der Waals surface area contributed by atoms with Gasteiger partial charge in [-0.05, 0) is 23.7 Å². The van der Waals surface area contributed by atoms with Gasteiger partial charge in [-0.3, -0.25) is 0 Å². The number of benzene rings is 1. The van der Waals surface area contributed by atoms with Crippen molar-refractivity contribution in [2.75, 3.05) is 5.75 Å². The zero-order valence-electron chi connectivity index (χ0n) is 8.79. The van der Waals surface area contributed by atoms with E-state index in [0.717, 1.165) is 0 Å². The van der Waals surface area contributed by atoms with Crippen LogP contribution in [0.2, 0.25) is 0 Å². The smallest absolute Gasteiger partial charge is 0.384 e. The molecule has 0 saturated heterocycles. The standard InChI is InChI=1S/C11H13F3OS/c1-2-10(15,8-16-11(12,13)14)9-6-4-3-5-7-9/h3-7,15H,2,8H2,1H3. The van der Waals surface area contributed by atoms with E-state index in [2.05, 4.69) is 0 Å². The topological polar surface area (TPSA) is 20.2 Å². The molecular weight excluding hydrogens is 237 g/mol. The van der Waals surface area contributed by atoms with Gasteiger partial charge >= 0.3 is 5.51 Å². The summed E-state index contributed by atoms with van der Waals surface area (Å²) in [6, 6.07) is 8.44. The summed E-state index contributed by atoms with van der Waals surface area (Å²) in [7, 11) is 0. The van der Waals surface area contributed by atoms with Crippen molar-refractivity contribution in [3.63, 3.8) is 0 Å². The summed E-state index contributed by atoms with van der Waals surface area (Å²) in [6.07, 6.45) is 0.250. The molecule has 1 nitrogen and oxygen atoms in total. The Morgan fingerprint density at radius 1 is 1.19 bits per heavy atom. The monoisotopic (exact) mass is 250 g/mol. The van der Waals surface area contributed by atoms with Crippen LogP contribution in [0.15, 0.2) is 30.3 Å². The largest absolute Gasteiger partial charge is 0.441 e. The molecule has 0 saturated carbocycles. The molecule has 90 valence electrons. The molecule has 0 spiro atoms. The van der Waals surface area contributed by atoms with Gasteiger partial charge in [-0.2, -0.15) is 13.2 Å². The molecule has 0 bridgehead atoms. The summed E-state index contributed by atoms with van der Waals surface area (Å²) in [4.78, 5) is 0. The van der Waals surface area contributed by atoms with Gasteiger partial charge in [0, 0.05) is 5.75 Å². The molecule has 5 heteroatoms. The van der Waals surface area contributed by atoms with E-state index in [1.807, 2.05) is 0 Å². The van der Waals surface area contributed by atoms with E-state index < -0.39 is 11.1 Å². The summed E-state index contributed by atoms with van der Waals surface area (Å²) in [6.45, 7) is 1.67. The molecule has 1 aromatic carbocycles. The third kappa shape index (κ3) is 3.72. The third-order valence-corrected chi connectivity index (χ3v) is 3.32. The average molecular weight is 250 g/mol. The molecule has 0 aliphatic carbocycles. The van der Waals surface area contributed by atoms with Gasteiger partial charge in [0.2, 0.25) is 0 Å². The predicted molar refractivity (Wildman–Crippen MR) is 59.1 cm³/mol. The van der Waals surface area contributed by atoms with Gasteiger partial charge < -0.3 is 5.11 Å². The highest BCUT2D eigenvalue weighted by Gasteiger charge is 2.35. The fraction of sp³-hybridized carbons (Fsp3) is 0.455. The maximum absolute atomic E-state index is 12.1. The Balaban J connectivity index is 2.79. The fourth-order valence-electron chi connectivity index (χ4n) is 1.34. The van der Waals surface area contributed by atoms with E-state index in [9.17, 15) is 18.3 Å². The van der Waals surface area contributed by atoms with Gasteiger partial charge in [0.05, 0.1) is 5.60 Å². The second-order valence-corrected chi connectivity index (χ2v) is 4.53. The molecule has 0 aliphatic heterocycles. The van der Waals surface area contributed by atoms with Gasteiger partial charge in [0.25, 0.3) is 0 Å². The molecule has 0 aliphatic rings. The van der Waals surface area contributed by atoms with Crippen LogP contribution in [-0.4, -0.2) is 16.4 Å². The van der Waals surface area contributed by atoms with Gasteiger partial charge in [-0.25, -0.2) is 0 Å². The zero-order chi connectivity index (χ0) is 12.2. The summed E-state index contributed by atoms with van der Waals surface area (Å²) >= 11 is -0.190. The molecule has 1 N–H and O–H groups in total. The van der Waals surface area contributed by atoms with Crippen LogP contribution in [0, 0.1) is 0 Å². The quantitative estimate of drug-likeness (QED) is 0.882. The molecule has 1 unspecified atom stereocenters. The normalized spacial score (nSPS) is 15.8. The van der Waals surface area contributed by atoms with E-state index in [1.165, 1.54) is 0 Å². The predicted octanol–water partition coefficient (Wildman–Crippen LogP) is 3.54. The van der Waals surface area contributed by atoms with Crippen molar-refractivity contribution in [2.24, 2.45) is 0 Å². The first-order valence-corrected chi connectivity index (χ1v) is 5.84. The number of aliphatic hydroxyl groups is 1. The highest BCUT2D eigenvalue weighted by Crippen LogP contribution is 2.37. The lowest BCUT2D eigenvalue weighted by atomic mass is 9.93. The first kappa shape index (κ1) is 13.4. The number of hydrogen-bond donors (Lipinski definition) is 1. The second-order valence-electron chi connectivity index (χ2n) is 3.49. The highest BCUT2D eigenvalue weighted by molar-refractivity contribution is 8.00. The Morgan fingerprint density at radius 3 is 2.19 bits per heavy atom. The Kier molecular flexibility index (Phi) is 4.27. The van der Waals surface area contributed by atoms with Gasteiger partial charge in [0.15, 0.2) is 0 Å². The SMILES string of the molecule is CCC(O)(CSC(F)(F)F)c1ccccc1. The zero-order valence-corrected chi connectivity index (χ0v) is 9.61. The van der Waals surface area contributed by atoms with Crippen molar-refractivity contribution in [3.05, 3.63) is 35.9 Å². The lowest BCUT2D eigenvalue weighted by molar-refractivity contribution is -0.0350. The molecule has 0 amide bonds. The van der Waals surface area contributed by atoms with Crippen LogP contribution in [0.5, 0.6) is 0 Å². The van der Waals surface area contributed by atoms with Crippen molar-refractivity contribution in [1.29, 1.82) is 0 Å². The Hall–Kier alpha value is -0.680. The van der Waals surface area contributed by atoms with Crippen LogP contribution in [0.1, 0.15) is 18.9 Å². The fourth-order valence-corrected chi connectivity index (χ4v) is 2.11. The minimum atomic E-state index is -4.31. The van der Waals surface area contributed by atoms with Crippen molar-refractivity contribution in [1.82, 2.24) is 0 Å². The Bertz CT molecular complexity index is 326. The number of halogens is 3. The van der Waals surface area contributed by atoms with Crippen molar-refractivity contribution in [2.45, 2.75) is 24.5 Å².